The van der Waals surface area contributed by atoms with E-state index in [0.717, 1.165) is 36.7 Å². The highest BCUT2D eigenvalue weighted by molar-refractivity contribution is 7.80. The fourth-order valence-corrected chi connectivity index (χ4v) is 3.90. The van der Waals surface area contributed by atoms with Gasteiger partial charge in [-0.3, -0.25) is 0 Å². The van der Waals surface area contributed by atoms with Crippen LogP contribution in [0.5, 0.6) is 0 Å². The maximum absolute atomic E-state index is 6.24. The third-order valence-corrected chi connectivity index (χ3v) is 5.17. The number of piperidine rings is 1. The highest BCUT2D eigenvalue weighted by Crippen LogP contribution is 2.24. The SMILES string of the molecule is CC(C)N1CCC(N(C(=S)Nc2ccccc2Cl)C(C)C)CC1. The Balaban J connectivity index is 2.04. The van der Waals surface area contributed by atoms with Crippen LogP contribution in [-0.2, 0) is 0 Å². The van der Waals surface area contributed by atoms with Crippen LogP contribution in [0.15, 0.2) is 24.3 Å². The summed E-state index contributed by atoms with van der Waals surface area (Å²) in [5.74, 6) is 0. The zero-order valence-corrected chi connectivity index (χ0v) is 16.1. The van der Waals surface area contributed by atoms with Crippen molar-refractivity contribution in [3.8, 4) is 0 Å². The minimum atomic E-state index is 0.369. The maximum Gasteiger partial charge on any atom is 0.173 e. The van der Waals surface area contributed by atoms with Crippen molar-refractivity contribution < 1.29 is 0 Å². The highest BCUT2D eigenvalue weighted by Gasteiger charge is 2.28. The Morgan fingerprint density at radius 3 is 2.35 bits per heavy atom. The summed E-state index contributed by atoms with van der Waals surface area (Å²) in [7, 11) is 0. The van der Waals surface area contributed by atoms with E-state index in [-0.39, 0.29) is 0 Å². The number of rotatable bonds is 4. The summed E-state index contributed by atoms with van der Waals surface area (Å²) in [4.78, 5) is 4.88. The van der Waals surface area contributed by atoms with Gasteiger partial charge in [0.15, 0.2) is 5.11 Å². The number of para-hydroxylation sites is 1. The number of halogens is 1. The van der Waals surface area contributed by atoms with Crippen LogP contribution in [0.4, 0.5) is 5.69 Å². The predicted octanol–water partition coefficient (Wildman–Crippen LogP) is 4.62. The van der Waals surface area contributed by atoms with Crippen molar-refractivity contribution in [2.75, 3.05) is 18.4 Å². The first kappa shape index (κ1) is 18.5. The second kappa shape index (κ2) is 8.32. The molecule has 3 nitrogen and oxygen atoms in total. The normalized spacial score (nSPS) is 16.8. The van der Waals surface area contributed by atoms with E-state index < -0.39 is 0 Å². The molecule has 1 aromatic carbocycles. The van der Waals surface area contributed by atoms with E-state index in [0.29, 0.717) is 23.1 Å². The molecular formula is C18H28ClN3S. The second-order valence-electron chi connectivity index (χ2n) is 6.77. The van der Waals surface area contributed by atoms with Crippen molar-refractivity contribution in [3.05, 3.63) is 29.3 Å². The molecule has 1 saturated heterocycles. The van der Waals surface area contributed by atoms with Gasteiger partial charge in [0.05, 0.1) is 10.7 Å². The standard InChI is InChI=1S/C18H28ClN3S/c1-13(2)21-11-9-15(10-12-21)22(14(3)4)18(23)20-17-8-6-5-7-16(17)19/h5-8,13-15H,9-12H2,1-4H3,(H,20,23). The molecular weight excluding hydrogens is 326 g/mol. The van der Waals surface area contributed by atoms with Gasteiger partial charge in [-0.1, -0.05) is 23.7 Å². The Morgan fingerprint density at radius 1 is 1.22 bits per heavy atom. The van der Waals surface area contributed by atoms with Gasteiger partial charge in [-0.05, 0) is 64.9 Å². The minimum absolute atomic E-state index is 0.369. The molecule has 23 heavy (non-hydrogen) atoms. The first-order valence-corrected chi connectivity index (χ1v) is 9.26. The van der Waals surface area contributed by atoms with E-state index in [2.05, 4.69) is 42.8 Å². The van der Waals surface area contributed by atoms with Gasteiger partial charge < -0.3 is 15.1 Å². The predicted molar refractivity (Wildman–Crippen MR) is 104 cm³/mol. The monoisotopic (exact) mass is 353 g/mol. The van der Waals surface area contributed by atoms with Crippen molar-refractivity contribution in [1.82, 2.24) is 9.80 Å². The van der Waals surface area contributed by atoms with Crippen molar-refractivity contribution in [3.63, 3.8) is 0 Å². The fraction of sp³-hybridized carbons (Fsp3) is 0.611. The molecule has 128 valence electrons. The Kier molecular flexibility index (Phi) is 6.69. The van der Waals surface area contributed by atoms with Gasteiger partial charge in [0.2, 0.25) is 0 Å². The van der Waals surface area contributed by atoms with E-state index >= 15 is 0 Å². The zero-order chi connectivity index (χ0) is 17.0. The molecule has 2 rings (SSSR count). The molecule has 0 bridgehead atoms. The van der Waals surface area contributed by atoms with Gasteiger partial charge in [-0.15, -0.1) is 0 Å². The smallest absolute Gasteiger partial charge is 0.173 e. The van der Waals surface area contributed by atoms with Crippen molar-refractivity contribution in [2.45, 2.75) is 58.7 Å². The molecule has 0 unspecified atom stereocenters. The third kappa shape index (κ3) is 4.82. The summed E-state index contributed by atoms with van der Waals surface area (Å²) in [6, 6.07) is 9.23. The molecule has 0 spiro atoms. The van der Waals surface area contributed by atoms with Gasteiger partial charge in [0, 0.05) is 31.2 Å². The van der Waals surface area contributed by atoms with Gasteiger partial charge >= 0.3 is 0 Å². The molecule has 0 saturated carbocycles. The molecule has 0 aromatic heterocycles. The van der Waals surface area contributed by atoms with Crippen molar-refractivity contribution in [2.24, 2.45) is 0 Å². The largest absolute Gasteiger partial charge is 0.344 e. The molecule has 1 aliphatic heterocycles. The summed E-state index contributed by atoms with van der Waals surface area (Å²) in [5, 5.41) is 4.81. The van der Waals surface area contributed by atoms with Crippen LogP contribution in [0, 0.1) is 0 Å². The average molecular weight is 354 g/mol. The molecule has 5 heteroatoms. The lowest BCUT2D eigenvalue weighted by Gasteiger charge is -2.43. The Hall–Kier alpha value is -0.840. The molecule has 0 atom stereocenters. The topological polar surface area (TPSA) is 18.5 Å². The number of nitrogens with one attached hydrogen (secondary N) is 1. The van der Waals surface area contributed by atoms with Gasteiger partial charge in [0.1, 0.15) is 0 Å². The van der Waals surface area contributed by atoms with E-state index in [9.17, 15) is 0 Å². The summed E-state index contributed by atoms with van der Waals surface area (Å²) in [5.41, 5.74) is 0.879. The van der Waals surface area contributed by atoms with E-state index in [1.807, 2.05) is 24.3 Å². The summed E-state index contributed by atoms with van der Waals surface area (Å²) in [6.07, 6.45) is 2.31. The fourth-order valence-electron chi connectivity index (χ4n) is 3.24. The lowest BCUT2D eigenvalue weighted by Crippen LogP contribution is -2.52. The second-order valence-corrected chi connectivity index (χ2v) is 7.57. The number of likely N-dealkylation sites (tertiary alicyclic amines) is 1. The van der Waals surface area contributed by atoms with Crippen LogP contribution < -0.4 is 5.32 Å². The van der Waals surface area contributed by atoms with E-state index in [1.165, 1.54) is 0 Å². The number of anilines is 1. The number of hydrogen-bond acceptors (Lipinski definition) is 2. The van der Waals surface area contributed by atoms with Gasteiger partial charge in [-0.25, -0.2) is 0 Å². The van der Waals surface area contributed by atoms with Crippen LogP contribution in [0.3, 0.4) is 0 Å². The van der Waals surface area contributed by atoms with E-state index in [1.54, 1.807) is 0 Å². The number of thiocarbonyl (C=S) groups is 1. The van der Waals surface area contributed by atoms with Crippen LogP contribution in [-0.4, -0.2) is 46.1 Å². The average Bonchev–Trinajstić information content (AvgIpc) is 2.50. The first-order valence-electron chi connectivity index (χ1n) is 8.48. The molecule has 1 fully saturated rings. The van der Waals surface area contributed by atoms with Crippen LogP contribution in [0.1, 0.15) is 40.5 Å². The molecule has 0 aliphatic carbocycles. The summed E-state index contributed by atoms with van der Waals surface area (Å²) >= 11 is 11.9. The Morgan fingerprint density at radius 2 is 1.83 bits per heavy atom. The lowest BCUT2D eigenvalue weighted by molar-refractivity contribution is 0.117. The lowest BCUT2D eigenvalue weighted by atomic mass is 10.0. The third-order valence-electron chi connectivity index (χ3n) is 4.53. The minimum Gasteiger partial charge on any atom is -0.344 e. The Bertz CT molecular complexity index is 525. The van der Waals surface area contributed by atoms with Gasteiger partial charge in [0.25, 0.3) is 0 Å². The van der Waals surface area contributed by atoms with E-state index in [4.69, 9.17) is 23.8 Å². The molecule has 1 aliphatic rings. The zero-order valence-electron chi connectivity index (χ0n) is 14.6. The Labute approximate surface area is 151 Å². The maximum atomic E-state index is 6.24. The molecule has 0 amide bonds. The van der Waals surface area contributed by atoms with Crippen molar-refractivity contribution in [1.29, 1.82) is 0 Å². The molecule has 1 aromatic rings. The summed E-state index contributed by atoms with van der Waals surface area (Å²) < 4.78 is 0. The van der Waals surface area contributed by atoms with Crippen LogP contribution >= 0.6 is 23.8 Å². The highest BCUT2D eigenvalue weighted by atomic mass is 35.5. The number of benzene rings is 1. The van der Waals surface area contributed by atoms with Crippen LogP contribution in [0.25, 0.3) is 0 Å². The summed E-state index contributed by atoms with van der Waals surface area (Å²) in [6.45, 7) is 11.2. The van der Waals surface area contributed by atoms with Crippen molar-refractivity contribution >= 4 is 34.6 Å². The van der Waals surface area contributed by atoms with Gasteiger partial charge in [-0.2, -0.15) is 0 Å². The molecule has 0 radical (unpaired) electrons. The van der Waals surface area contributed by atoms with Crippen LogP contribution in [0.2, 0.25) is 5.02 Å². The first-order chi connectivity index (χ1) is 10.9. The molecule has 1 heterocycles. The number of hydrogen-bond donors (Lipinski definition) is 1. The number of nitrogens with zero attached hydrogens (tertiary/aromatic N) is 2. The quantitative estimate of drug-likeness (QED) is 0.796. The molecule has 1 N–H and O–H groups in total.